The molecule has 1 aliphatic rings. The lowest BCUT2D eigenvalue weighted by atomic mass is 10.1. The van der Waals surface area contributed by atoms with Gasteiger partial charge in [0.1, 0.15) is 0 Å². The van der Waals surface area contributed by atoms with Gasteiger partial charge in [0.15, 0.2) is 0 Å². The highest BCUT2D eigenvalue weighted by Crippen LogP contribution is 2.28. The zero-order chi connectivity index (χ0) is 17.8. The molecular formula is C20H23N3O2. The summed E-state index contributed by atoms with van der Waals surface area (Å²) in [5, 5.41) is 2.87. The Morgan fingerprint density at radius 2 is 1.72 bits per heavy atom. The molecule has 3 rings (SSSR count). The summed E-state index contributed by atoms with van der Waals surface area (Å²) in [7, 11) is 3.92. The van der Waals surface area contributed by atoms with E-state index in [-0.39, 0.29) is 11.8 Å². The predicted molar refractivity (Wildman–Crippen MR) is 99.2 cm³/mol. The Morgan fingerprint density at radius 1 is 1.04 bits per heavy atom. The molecule has 2 aromatic rings. The van der Waals surface area contributed by atoms with Gasteiger partial charge in [-0.3, -0.25) is 9.59 Å². The minimum absolute atomic E-state index is 0.0236. The van der Waals surface area contributed by atoms with Crippen molar-refractivity contribution in [3.05, 3.63) is 65.2 Å². The summed E-state index contributed by atoms with van der Waals surface area (Å²) in [6, 6.07) is 14.9. The number of hydrogen-bond donors (Lipinski definition) is 1. The number of rotatable bonds is 5. The summed E-state index contributed by atoms with van der Waals surface area (Å²) >= 11 is 0. The monoisotopic (exact) mass is 337 g/mol. The Hall–Kier alpha value is -2.66. The molecule has 5 nitrogen and oxygen atoms in total. The van der Waals surface area contributed by atoms with Gasteiger partial charge in [0.2, 0.25) is 0 Å². The molecule has 0 saturated carbocycles. The Morgan fingerprint density at radius 3 is 2.44 bits per heavy atom. The van der Waals surface area contributed by atoms with E-state index in [1.54, 1.807) is 24.3 Å². The molecule has 1 heterocycles. The maximum Gasteiger partial charge on any atom is 0.258 e. The number of benzene rings is 2. The third-order valence-electron chi connectivity index (χ3n) is 4.37. The van der Waals surface area contributed by atoms with E-state index in [1.807, 2.05) is 42.1 Å². The van der Waals surface area contributed by atoms with Crippen molar-refractivity contribution >= 4 is 17.5 Å². The van der Waals surface area contributed by atoms with Crippen LogP contribution in [0.25, 0.3) is 0 Å². The largest absolute Gasteiger partial charge is 0.351 e. The van der Waals surface area contributed by atoms with E-state index in [0.717, 1.165) is 18.7 Å². The fourth-order valence-corrected chi connectivity index (χ4v) is 2.96. The number of nitrogens with one attached hydrogen (secondary N) is 1. The maximum absolute atomic E-state index is 12.8. The number of carbonyl (C=O) groups excluding carboxylic acids is 2. The van der Waals surface area contributed by atoms with Crippen LogP contribution in [0.1, 0.15) is 26.3 Å². The molecule has 0 atom stereocenters. The molecule has 0 aromatic heterocycles. The van der Waals surface area contributed by atoms with Gasteiger partial charge in [-0.2, -0.15) is 0 Å². The first-order valence-electron chi connectivity index (χ1n) is 8.49. The molecule has 0 fully saturated rings. The smallest absolute Gasteiger partial charge is 0.258 e. The van der Waals surface area contributed by atoms with Crippen LogP contribution in [-0.2, 0) is 6.42 Å². The van der Waals surface area contributed by atoms with Crippen LogP contribution in [0.5, 0.6) is 0 Å². The molecule has 0 unspecified atom stereocenters. The summed E-state index contributed by atoms with van der Waals surface area (Å²) in [6.45, 7) is 2.08. The van der Waals surface area contributed by atoms with Crippen LogP contribution in [0.15, 0.2) is 48.5 Å². The zero-order valence-corrected chi connectivity index (χ0v) is 14.7. The Kier molecular flexibility index (Phi) is 5.14. The number of carbonyl (C=O) groups is 2. The highest BCUT2D eigenvalue weighted by atomic mass is 16.2. The van der Waals surface area contributed by atoms with Crippen molar-refractivity contribution in [3.63, 3.8) is 0 Å². The van der Waals surface area contributed by atoms with Crippen molar-refractivity contribution in [1.82, 2.24) is 10.2 Å². The van der Waals surface area contributed by atoms with Crippen molar-refractivity contribution in [1.29, 1.82) is 0 Å². The maximum atomic E-state index is 12.8. The third-order valence-corrected chi connectivity index (χ3v) is 4.37. The number of fused-ring (bicyclic) bond motifs is 1. The second-order valence-electron chi connectivity index (χ2n) is 6.47. The number of para-hydroxylation sites is 1. The summed E-state index contributed by atoms with van der Waals surface area (Å²) in [5.41, 5.74) is 3.35. The molecule has 1 N–H and O–H groups in total. The Balaban J connectivity index is 1.66. The van der Waals surface area contributed by atoms with Crippen LogP contribution in [0.4, 0.5) is 5.69 Å². The Bertz CT molecular complexity index is 769. The first-order chi connectivity index (χ1) is 12.1. The van der Waals surface area contributed by atoms with Crippen molar-refractivity contribution < 1.29 is 9.59 Å². The minimum atomic E-state index is -0.118. The minimum Gasteiger partial charge on any atom is -0.351 e. The van der Waals surface area contributed by atoms with Crippen LogP contribution < -0.4 is 10.2 Å². The molecule has 0 aliphatic carbocycles. The SMILES string of the molecule is CN(C)CCNC(=O)c1ccc(C(=O)N2CCc3ccccc32)cc1. The van der Waals surface area contributed by atoms with Crippen molar-refractivity contribution in [3.8, 4) is 0 Å². The van der Waals surface area contributed by atoms with Crippen LogP contribution >= 0.6 is 0 Å². The van der Waals surface area contributed by atoms with E-state index in [1.165, 1.54) is 5.56 Å². The summed E-state index contributed by atoms with van der Waals surface area (Å²) in [6.07, 6.45) is 0.883. The molecule has 130 valence electrons. The molecular weight excluding hydrogens is 314 g/mol. The zero-order valence-electron chi connectivity index (χ0n) is 14.7. The van der Waals surface area contributed by atoms with Gasteiger partial charge in [0.25, 0.3) is 11.8 Å². The van der Waals surface area contributed by atoms with Crippen molar-refractivity contribution in [2.45, 2.75) is 6.42 Å². The molecule has 0 saturated heterocycles. The molecule has 2 aromatic carbocycles. The second-order valence-corrected chi connectivity index (χ2v) is 6.47. The number of anilines is 1. The average molecular weight is 337 g/mol. The van der Waals surface area contributed by atoms with E-state index in [9.17, 15) is 9.59 Å². The highest BCUT2D eigenvalue weighted by Gasteiger charge is 2.25. The van der Waals surface area contributed by atoms with Gasteiger partial charge in [0.05, 0.1) is 0 Å². The molecule has 0 spiro atoms. The number of amides is 2. The average Bonchev–Trinajstić information content (AvgIpc) is 3.05. The number of likely N-dealkylation sites (N-methyl/N-ethyl adjacent to an activating group) is 1. The van der Waals surface area contributed by atoms with E-state index in [4.69, 9.17) is 0 Å². The predicted octanol–water partition coefficient (Wildman–Crippen LogP) is 2.18. The van der Waals surface area contributed by atoms with E-state index in [2.05, 4.69) is 11.4 Å². The normalized spacial score (nSPS) is 13.0. The quantitative estimate of drug-likeness (QED) is 0.910. The fraction of sp³-hybridized carbons (Fsp3) is 0.300. The molecule has 0 bridgehead atoms. The number of nitrogens with zero attached hydrogens (tertiary/aromatic N) is 2. The highest BCUT2D eigenvalue weighted by molar-refractivity contribution is 6.07. The lowest BCUT2D eigenvalue weighted by Gasteiger charge is -2.17. The van der Waals surface area contributed by atoms with Gasteiger partial charge in [-0.05, 0) is 56.4 Å². The Labute approximate surface area is 148 Å². The lowest BCUT2D eigenvalue weighted by molar-refractivity contribution is 0.0948. The van der Waals surface area contributed by atoms with E-state index < -0.39 is 0 Å². The van der Waals surface area contributed by atoms with Crippen LogP contribution in [0.3, 0.4) is 0 Å². The van der Waals surface area contributed by atoms with E-state index in [0.29, 0.717) is 24.2 Å². The molecule has 25 heavy (non-hydrogen) atoms. The van der Waals surface area contributed by atoms with Crippen LogP contribution in [-0.4, -0.2) is 50.4 Å². The number of hydrogen-bond acceptors (Lipinski definition) is 3. The molecule has 0 radical (unpaired) electrons. The van der Waals surface area contributed by atoms with Crippen molar-refractivity contribution in [2.75, 3.05) is 38.6 Å². The van der Waals surface area contributed by atoms with Gasteiger partial charge in [-0.15, -0.1) is 0 Å². The molecule has 2 amide bonds. The summed E-state index contributed by atoms with van der Waals surface area (Å²) in [5.74, 6) is -0.142. The van der Waals surface area contributed by atoms with Crippen LogP contribution in [0, 0.1) is 0 Å². The van der Waals surface area contributed by atoms with E-state index >= 15 is 0 Å². The first-order valence-corrected chi connectivity index (χ1v) is 8.49. The van der Waals surface area contributed by atoms with Crippen LogP contribution in [0.2, 0.25) is 0 Å². The topological polar surface area (TPSA) is 52.7 Å². The van der Waals surface area contributed by atoms with Crippen molar-refractivity contribution in [2.24, 2.45) is 0 Å². The summed E-state index contributed by atoms with van der Waals surface area (Å²) < 4.78 is 0. The van der Waals surface area contributed by atoms with Gasteiger partial charge in [-0.25, -0.2) is 0 Å². The fourth-order valence-electron chi connectivity index (χ4n) is 2.96. The van der Waals surface area contributed by atoms with Gasteiger partial charge in [-0.1, -0.05) is 18.2 Å². The summed E-state index contributed by atoms with van der Waals surface area (Å²) in [4.78, 5) is 28.7. The second kappa shape index (κ2) is 7.49. The first kappa shape index (κ1) is 17.2. The third kappa shape index (κ3) is 3.88. The lowest BCUT2D eigenvalue weighted by Crippen LogP contribution is -2.31. The van der Waals surface area contributed by atoms with Gasteiger partial charge in [0, 0.05) is 36.4 Å². The standard InChI is InChI=1S/C20H23N3O2/c1-22(2)14-12-21-19(24)16-7-9-17(10-8-16)20(25)23-13-11-15-5-3-4-6-18(15)23/h3-10H,11-14H2,1-2H3,(H,21,24). The molecule has 1 aliphatic heterocycles. The van der Waals surface area contributed by atoms with Gasteiger partial charge >= 0.3 is 0 Å². The van der Waals surface area contributed by atoms with Gasteiger partial charge < -0.3 is 15.1 Å². The molecule has 5 heteroatoms.